The average molecular weight is 682 g/mol. The van der Waals surface area contributed by atoms with E-state index in [0.29, 0.717) is 58.9 Å². The van der Waals surface area contributed by atoms with E-state index in [2.05, 4.69) is 25.8 Å². The van der Waals surface area contributed by atoms with Crippen molar-refractivity contribution in [1.82, 2.24) is 40.3 Å². The summed E-state index contributed by atoms with van der Waals surface area (Å²) in [5.74, 6) is -1.70. The molecule has 2 aliphatic rings. The molecule has 4 atom stereocenters. The van der Waals surface area contributed by atoms with Gasteiger partial charge in [0.1, 0.15) is 17.1 Å². The van der Waals surface area contributed by atoms with Gasteiger partial charge >= 0.3 is 11.9 Å². The van der Waals surface area contributed by atoms with Crippen LogP contribution in [0.4, 0.5) is 5.13 Å². The summed E-state index contributed by atoms with van der Waals surface area (Å²) >= 11 is 4.01. The lowest BCUT2D eigenvalue weighted by Gasteiger charge is -2.49. The van der Waals surface area contributed by atoms with Crippen LogP contribution in [0.15, 0.2) is 21.8 Å². The molecule has 2 unspecified atom stereocenters. The standard InChI is InChI=1S/C27H39N9O6S3/c1-6-8-19(41-24(39)15(3)7-2)42-25(40)21-16(13-45-27-31-32-33-35(27)10-9-34(4)5)12-43-23-20(22(38)36(21)23)30-18(37)11-17-14-44-26(28)29-17/h14-15,19-20,23H,6-13H2,1-5H3,(H2,28,29)(H,30,37)/t15?,19?,20-,23+/m1/s1. The number of amides is 2. The van der Waals surface area contributed by atoms with Crippen molar-refractivity contribution in [2.45, 2.75) is 75.9 Å². The van der Waals surface area contributed by atoms with Gasteiger partial charge in [-0.15, -0.1) is 28.2 Å². The van der Waals surface area contributed by atoms with Gasteiger partial charge in [0.2, 0.25) is 17.4 Å². The van der Waals surface area contributed by atoms with Crippen LogP contribution in [-0.2, 0) is 41.6 Å². The lowest BCUT2D eigenvalue weighted by molar-refractivity contribution is -0.191. The Morgan fingerprint density at radius 1 is 1.27 bits per heavy atom. The van der Waals surface area contributed by atoms with Crippen LogP contribution in [0.25, 0.3) is 0 Å². The summed E-state index contributed by atoms with van der Waals surface area (Å²) < 4.78 is 13.0. The third kappa shape index (κ3) is 8.74. The van der Waals surface area contributed by atoms with Gasteiger partial charge in [-0.1, -0.05) is 32.5 Å². The predicted octanol–water partition coefficient (Wildman–Crippen LogP) is 1.52. The molecule has 0 aromatic carbocycles. The van der Waals surface area contributed by atoms with E-state index in [1.807, 2.05) is 32.8 Å². The van der Waals surface area contributed by atoms with Crippen molar-refractivity contribution in [2.24, 2.45) is 5.92 Å². The zero-order valence-electron chi connectivity index (χ0n) is 25.9. The minimum absolute atomic E-state index is 0.0235. The number of esters is 2. The summed E-state index contributed by atoms with van der Waals surface area (Å²) in [5, 5.41) is 16.9. The zero-order valence-corrected chi connectivity index (χ0v) is 28.4. The van der Waals surface area contributed by atoms with Gasteiger partial charge in [0.15, 0.2) is 5.13 Å². The zero-order chi connectivity index (χ0) is 32.7. The molecule has 4 rings (SSSR count). The minimum Gasteiger partial charge on any atom is -0.425 e. The fourth-order valence-electron chi connectivity index (χ4n) is 4.43. The van der Waals surface area contributed by atoms with Crippen LogP contribution in [0.3, 0.4) is 0 Å². The average Bonchev–Trinajstić information content (AvgIpc) is 3.64. The molecule has 45 heavy (non-hydrogen) atoms. The number of thiazole rings is 1. The van der Waals surface area contributed by atoms with Gasteiger partial charge in [-0.05, 0) is 42.9 Å². The summed E-state index contributed by atoms with van der Waals surface area (Å²) in [6, 6.07) is -0.830. The van der Waals surface area contributed by atoms with Gasteiger partial charge in [-0.2, -0.15) is 0 Å². The van der Waals surface area contributed by atoms with Crippen LogP contribution in [-0.4, -0.2) is 109 Å². The fraction of sp³-hybridized carbons (Fsp3) is 0.630. The van der Waals surface area contributed by atoms with E-state index in [-0.39, 0.29) is 23.9 Å². The monoisotopic (exact) mass is 681 g/mol. The first kappa shape index (κ1) is 34.6. The Labute approximate surface area is 274 Å². The minimum atomic E-state index is -1.10. The number of aromatic nitrogens is 5. The molecule has 2 aromatic heterocycles. The van der Waals surface area contributed by atoms with Crippen molar-refractivity contribution in [1.29, 1.82) is 0 Å². The quantitative estimate of drug-likeness (QED) is 0.112. The van der Waals surface area contributed by atoms with Crippen molar-refractivity contribution < 1.29 is 28.7 Å². The number of tetrazole rings is 1. The molecule has 2 aliphatic heterocycles. The fourth-order valence-corrected chi connectivity index (χ4v) is 7.38. The van der Waals surface area contributed by atoms with Crippen LogP contribution in [0, 0.1) is 5.92 Å². The molecule has 246 valence electrons. The molecule has 0 bridgehead atoms. The van der Waals surface area contributed by atoms with Gasteiger partial charge in [0.25, 0.3) is 5.91 Å². The molecule has 2 amide bonds. The second-order valence-corrected chi connectivity index (χ2v) is 13.8. The van der Waals surface area contributed by atoms with Crippen LogP contribution in [0.1, 0.15) is 45.7 Å². The maximum atomic E-state index is 13.8. The number of carbonyl (C=O) groups is 4. The van der Waals surface area contributed by atoms with E-state index in [4.69, 9.17) is 15.2 Å². The van der Waals surface area contributed by atoms with Crippen molar-refractivity contribution in [3.8, 4) is 0 Å². The molecule has 0 aliphatic carbocycles. The number of nitrogens with zero attached hydrogens (tertiary/aromatic N) is 7. The lowest BCUT2D eigenvalue weighted by atomic mass is 10.0. The number of thioether (sulfide) groups is 2. The Hall–Kier alpha value is -3.22. The van der Waals surface area contributed by atoms with E-state index >= 15 is 0 Å². The van der Waals surface area contributed by atoms with Gasteiger partial charge in [0.05, 0.1) is 24.6 Å². The van der Waals surface area contributed by atoms with E-state index in [9.17, 15) is 19.2 Å². The van der Waals surface area contributed by atoms with Crippen molar-refractivity contribution in [2.75, 3.05) is 37.9 Å². The number of hydrogen-bond acceptors (Lipinski definition) is 15. The van der Waals surface area contributed by atoms with Crippen LogP contribution in [0.5, 0.6) is 0 Å². The molecular weight excluding hydrogens is 643 g/mol. The maximum absolute atomic E-state index is 13.8. The van der Waals surface area contributed by atoms with Gasteiger partial charge in [0, 0.05) is 29.9 Å². The summed E-state index contributed by atoms with van der Waals surface area (Å²) in [5.41, 5.74) is 6.92. The predicted molar refractivity (Wildman–Crippen MR) is 170 cm³/mol. The van der Waals surface area contributed by atoms with Crippen LogP contribution < -0.4 is 11.1 Å². The summed E-state index contributed by atoms with van der Waals surface area (Å²) in [4.78, 5) is 60.0. The Morgan fingerprint density at radius 2 is 2.04 bits per heavy atom. The Balaban J connectivity index is 1.54. The van der Waals surface area contributed by atoms with Gasteiger partial charge < -0.3 is 25.4 Å². The lowest BCUT2D eigenvalue weighted by Crippen LogP contribution is -2.70. The number of ether oxygens (including phenoxy) is 2. The number of nitrogen functional groups attached to an aromatic ring is 1. The number of hydrogen-bond donors (Lipinski definition) is 2. The first-order valence-corrected chi connectivity index (χ1v) is 17.5. The number of anilines is 1. The highest BCUT2D eigenvalue weighted by atomic mass is 32.2. The number of β-lactam (4-membered cyclic amide) rings is 1. The highest BCUT2D eigenvalue weighted by Gasteiger charge is 2.54. The van der Waals surface area contributed by atoms with E-state index < -0.39 is 35.6 Å². The number of carbonyl (C=O) groups excluding carboxylic acids is 4. The molecule has 2 aromatic rings. The number of likely N-dealkylation sites (N-methyl/N-ethyl adjacent to an activating group) is 1. The highest BCUT2D eigenvalue weighted by Crippen LogP contribution is 2.42. The Kier molecular flexibility index (Phi) is 12.2. The molecule has 1 saturated heterocycles. The van der Waals surface area contributed by atoms with Crippen LogP contribution in [0.2, 0.25) is 0 Å². The highest BCUT2D eigenvalue weighted by molar-refractivity contribution is 8.01. The maximum Gasteiger partial charge on any atom is 0.358 e. The Bertz CT molecular complexity index is 1410. The second-order valence-electron chi connectivity index (χ2n) is 10.9. The summed E-state index contributed by atoms with van der Waals surface area (Å²) in [6.07, 6.45) is 0.357. The number of fused-ring (bicyclic) bond motifs is 1. The molecular formula is C27H39N9O6S3. The number of rotatable bonds is 16. The number of nitrogens with one attached hydrogen (secondary N) is 1. The molecule has 0 radical (unpaired) electrons. The first-order valence-electron chi connectivity index (χ1n) is 14.6. The molecule has 3 N–H and O–H groups in total. The largest absolute Gasteiger partial charge is 0.425 e. The third-order valence-corrected chi connectivity index (χ3v) is 10.2. The van der Waals surface area contributed by atoms with Crippen LogP contribution >= 0.6 is 34.9 Å². The summed E-state index contributed by atoms with van der Waals surface area (Å²) in [7, 11) is 3.91. The Morgan fingerprint density at radius 3 is 2.71 bits per heavy atom. The SMILES string of the molecule is CCCC(OC(=O)C1=C(CSc2nnnn2CCN(C)C)CS[C@H]2[C@H](NC(=O)Cc3csc(N)n3)C(=O)N12)OC(=O)C(C)CC. The van der Waals surface area contributed by atoms with Gasteiger partial charge in [-0.25, -0.2) is 14.5 Å². The molecule has 4 heterocycles. The second kappa shape index (κ2) is 15.9. The molecule has 1 fully saturated rings. The molecule has 18 heteroatoms. The van der Waals surface area contributed by atoms with Crippen molar-refractivity contribution in [3.63, 3.8) is 0 Å². The van der Waals surface area contributed by atoms with E-state index in [0.717, 1.165) is 6.54 Å². The normalized spacial score (nSPS) is 19.2. The first-order chi connectivity index (χ1) is 21.5. The van der Waals surface area contributed by atoms with Crippen molar-refractivity contribution in [3.05, 3.63) is 22.3 Å². The number of nitrogens with two attached hydrogens (primary N) is 1. The molecule has 0 spiro atoms. The topological polar surface area (TPSA) is 188 Å². The van der Waals surface area contributed by atoms with E-state index in [1.165, 1.54) is 39.8 Å². The van der Waals surface area contributed by atoms with Crippen molar-refractivity contribution >= 4 is 63.7 Å². The summed E-state index contributed by atoms with van der Waals surface area (Å²) in [6.45, 7) is 6.81. The van der Waals surface area contributed by atoms with E-state index in [1.54, 1.807) is 17.0 Å². The van der Waals surface area contributed by atoms with Gasteiger partial charge in [-0.3, -0.25) is 19.3 Å². The smallest absolute Gasteiger partial charge is 0.358 e. The molecule has 0 saturated carbocycles. The third-order valence-electron chi connectivity index (χ3n) is 7.13. The molecule has 15 nitrogen and oxygen atoms in total.